The summed E-state index contributed by atoms with van der Waals surface area (Å²) in [7, 11) is -1.49. The number of carboxylic acid groups (broad SMARTS) is 1. The molecule has 0 bridgehead atoms. The molecule has 17 heavy (non-hydrogen) atoms. The molecule has 0 aromatic heterocycles. The maximum absolute atomic E-state index is 10.6. The highest BCUT2D eigenvalue weighted by Crippen LogP contribution is 2.19. The van der Waals surface area contributed by atoms with Crippen molar-refractivity contribution >= 4 is 18.6 Å². The van der Waals surface area contributed by atoms with Crippen LogP contribution in [0.1, 0.15) is 24.8 Å². The Hall–Kier alpha value is -1.37. The van der Waals surface area contributed by atoms with E-state index in [4.69, 9.17) is 20.9 Å². The lowest BCUT2D eigenvalue weighted by Crippen LogP contribution is -2.32. The van der Waals surface area contributed by atoms with Crippen molar-refractivity contribution < 1.29 is 19.9 Å². The SMILES string of the molecule is CC(C[C@H](N)C(=O)O)c1ccc(B(O)O)cc1. The fourth-order valence-corrected chi connectivity index (χ4v) is 1.61. The average Bonchev–Trinajstić information content (AvgIpc) is 2.28. The molecule has 1 unspecified atom stereocenters. The van der Waals surface area contributed by atoms with E-state index in [1.807, 2.05) is 6.92 Å². The number of hydrogen-bond acceptors (Lipinski definition) is 4. The predicted molar refractivity (Wildman–Crippen MR) is 64.9 cm³/mol. The van der Waals surface area contributed by atoms with Gasteiger partial charge < -0.3 is 20.9 Å². The Bertz CT molecular complexity index is 380. The quantitative estimate of drug-likeness (QED) is 0.505. The van der Waals surface area contributed by atoms with Crippen LogP contribution in [0.3, 0.4) is 0 Å². The highest BCUT2D eigenvalue weighted by atomic mass is 16.4. The minimum absolute atomic E-state index is 0.00554. The molecule has 0 radical (unpaired) electrons. The van der Waals surface area contributed by atoms with Crippen molar-refractivity contribution in [3.8, 4) is 0 Å². The number of carboxylic acids is 1. The monoisotopic (exact) mass is 237 g/mol. The lowest BCUT2D eigenvalue weighted by Gasteiger charge is -2.15. The molecular weight excluding hydrogens is 221 g/mol. The minimum atomic E-state index is -1.49. The van der Waals surface area contributed by atoms with E-state index in [1.165, 1.54) is 0 Å². The van der Waals surface area contributed by atoms with Gasteiger partial charge in [0.2, 0.25) is 0 Å². The number of carbonyl (C=O) groups is 1. The normalized spacial score (nSPS) is 14.1. The van der Waals surface area contributed by atoms with E-state index in [0.29, 0.717) is 11.9 Å². The Morgan fingerprint density at radius 2 is 1.88 bits per heavy atom. The second-order valence-electron chi connectivity index (χ2n) is 4.12. The second-order valence-corrected chi connectivity index (χ2v) is 4.12. The first-order valence-corrected chi connectivity index (χ1v) is 5.36. The van der Waals surface area contributed by atoms with Crippen LogP contribution >= 0.6 is 0 Å². The Balaban J connectivity index is 2.69. The summed E-state index contributed by atoms with van der Waals surface area (Å²) in [6.07, 6.45) is 0.344. The van der Waals surface area contributed by atoms with E-state index in [0.717, 1.165) is 5.56 Å². The van der Waals surface area contributed by atoms with E-state index < -0.39 is 19.1 Å². The fraction of sp³-hybridized carbons (Fsp3) is 0.364. The van der Waals surface area contributed by atoms with Crippen LogP contribution in [0.4, 0.5) is 0 Å². The number of hydrogen-bond donors (Lipinski definition) is 4. The van der Waals surface area contributed by atoms with Gasteiger partial charge in [-0.15, -0.1) is 0 Å². The van der Waals surface area contributed by atoms with Crippen molar-refractivity contribution in [2.45, 2.75) is 25.3 Å². The van der Waals surface area contributed by atoms with Gasteiger partial charge in [-0.25, -0.2) is 0 Å². The Morgan fingerprint density at radius 1 is 1.35 bits per heavy atom. The molecule has 1 aromatic rings. The summed E-state index contributed by atoms with van der Waals surface area (Å²) >= 11 is 0. The Morgan fingerprint density at radius 3 is 2.29 bits per heavy atom. The molecular formula is C11H16BNO4. The topological polar surface area (TPSA) is 104 Å². The number of aliphatic carboxylic acids is 1. The maximum atomic E-state index is 10.6. The predicted octanol–water partition coefficient (Wildman–Crippen LogP) is -0.728. The third-order valence-corrected chi connectivity index (χ3v) is 2.73. The van der Waals surface area contributed by atoms with Crippen LogP contribution in [0.2, 0.25) is 0 Å². The molecule has 0 saturated heterocycles. The van der Waals surface area contributed by atoms with Crippen molar-refractivity contribution in [3.05, 3.63) is 29.8 Å². The van der Waals surface area contributed by atoms with E-state index in [-0.39, 0.29) is 5.92 Å². The van der Waals surface area contributed by atoms with E-state index >= 15 is 0 Å². The Kier molecular flexibility index (Phi) is 4.68. The highest BCUT2D eigenvalue weighted by Gasteiger charge is 2.17. The van der Waals surface area contributed by atoms with Gasteiger partial charge in [-0.2, -0.15) is 0 Å². The molecule has 1 rings (SSSR count). The number of benzene rings is 1. The third kappa shape index (κ3) is 3.85. The standard InChI is InChI=1S/C11H16BNO4/c1-7(6-10(13)11(14)15)8-2-4-9(5-3-8)12(16)17/h2-5,7,10,16-17H,6,13H2,1H3,(H,14,15)/t7?,10-/m0/s1. The van der Waals surface area contributed by atoms with Gasteiger partial charge in [0, 0.05) is 0 Å². The first-order valence-electron chi connectivity index (χ1n) is 5.36. The van der Waals surface area contributed by atoms with E-state index in [2.05, 4.69) is 0 Å². The van der Waals surface area contributed by atoms with Crippen molar-refractivity contribution in [1.82, 2.24) is 0 Å². The van der Waals surface area contributed by atoms with Gasteiger partial charge in [0.05, 0.1) is 0 Å². The zero-order chi connectivity index (χ0) is 13.0. The van der Waals surface area contributed by atoms with Crippen molar-refractivity contribution in [2.75, 3.05) is 0 Å². The molecule has 92 valence electrons. The summed E-state index contributed by atoms with van der Waals surface area (Å²) in [6, 6.07) is 5.81. The number of nitrogens with two attached hydrogens (primary N) is 1. The summed E-state index contributed by atoms with van der Waals surface area (Å²) in [4.78, 5) is 10.6. The largest absolute Gasteiger partial charge is 0.488 e. The van der Waals surface area contributed by atoms with Crippen molar-refractivity contribution in [3.63, 3.8) is 0 Å². The van der Waals surface area contributed by atoms with E-state index in [9.17, 15) is 4.79 Å². The highest BCUT2D eigenvalue weighted by molar-refractivity contribution is 6.58. The van der Waals surface area contributed by atoms with E-state index in [1.54, 1.807) is 24.3 Å². The summed E-state index contributed by atoms with van der Waals surface area (Å²) < 4.78 is 0. The smallest absolute Gasteiger partial charge is 0.480 e. The van der Waals surface area contributed by atoms with Crippen LogP contribution in [0, 0.1) is 0 Å². The molecule has 5 N–H and O–H groups in total. The Labute approximate surface area is 100 Å². The molecule has 0 amide bonds. The van der Waals surface area contributed by atoms with Crippen molar-refractivity contribution in [2.24, 2.45) is 5.73 Å². The zero-order valence-corrected chi connectivity index (χ0v) is 9.58. The van der Waals surface area contributed by atoms with Crippen LogP contribution in [-0.4, -0.2) is 34.3 Å². The van der Waals surface area contributed by atoms with Crippen LogP contribution in [0.15, 0.2) is 24.3 Å². The summed E-state index contributed by atoms with van der Waals surface area (Å²) in [6.45, 7) is 1.88. The lowest BCUT2D eigenvalue weighted by atomic mass is 9.79. The van der Waals surface area contributed by atoms with Gasteiger partial charge in [-0.1, -0.05) is 31.2 Å². The number of rotatable bonds is 5. The summed E-state index contributed by atoms with van der Waals surface area (Å²) in [5, 5.41) is 26.6. The molecule has 0 spiro atoms. The van der Waals surface area contributed by atoms with Crippen LogP contribution in [0.25, 0.3) is 0 Å². The molecule has 0 fully saturated rings. The summed E-state index contributed by atoms with van der Waals surface area (Å²) in [5.74, 6) is -1.01. The molecule has 1 aromatic carbocycles. The minimum Gasteiger partial charge on any atom is -0.480 e. The molecule has 2 atom stereocenters. The van der Waals surface area contributed by atoms with Gasteiger partial charge in [0.15, 0.2) is 0 Å². The first kappa shape index (κ1) is 13.7. The van der Waals surface area contributed by atoms with Gasteiger partial charge in [-0.05, 0) is 23.4 Å². The summed E-state index contributed by atoms with van der Waals surface area (Å²) in [5.41, 5.74) is 6.78. The van der Waals surface area contributed by atoms with Gasteiger partial charge in [0.25, 0.3) is 0 Å². The third-order valence-electron chi connectivity index (χ3n) is 2.73. The molecule has 0 heterocycles. The van der Waals surface area contributed by atoms with Crippen LogP contribution in [-0.2, 0) is 4.79 Å². The lowest BCUT2D eigenvalue weighted by molar-refractivity contribution is -0.138. The fourth-order valence-electron chi connectivity index (χ4n) is 1.61. The van der Waals surface area contributed by atoms with Gasteiger partial charge in [-0.3, -0.25) is 4.79 Å². The average molecular weight is 237 g/mol. The van der Waals surface area contributed by atoms with Gasteiger partial charge >= 0.3 is 13.1 Å². The van der Waals surface area contributed by atoms with Crippen LogP contribution < -0.4 is 11.2 Å². The first-order chi connectivity index (χ1) is 7.91. The molecule has 0 aliphatic heterocycles. The van der Waals surface area contributed by atoms with Crippen molar-refractivity contribution in [1.29, 1.82) is 0 Å². The maximum Gasteiger partial charge on any atom is 0.488 e. The molecule has 0 saturated carbocycles. The molecule has 0 aliphatic rings. The molecule has 6 heteroatoms. The van der Waals surface area contributed by atoms with Crippen LogP contribution in [0.5, 0.6) is 0 Å². The zero-order valence-electron chi connectivity index (χ0n) is 9.58. The molecule has 0 aliphatic carbocycles. The molecule has 5 nitrogen and oxygen atoms in total. The second kappa shape index (κ2) is 5.81. The van der Waals surface area contributed by atoms with Gasteiger partial charge in [0.1, 0.15) is 6.04 Å².